The molecule has 6 heterocycles. The van der Waals surface area contributed by atoms with E-state index in [2.05, 4.69) is 20.1 Å². The van der Waals surface area contributed by atoms with Gasteiger partial charge in [-0.2, -0.15) is 18.3 Å². The number of hydrogen-bond donors (Lipinski definition) is 0. The van der Waals surface area contributed by atoms with Gasteiger partial charge in [0, 0.05) is 61.7 Å². The summed E-state index contributed by atoms with van der Waals surface area (Å²) in [5.74, 6) is -0.552. The fourth-order valence-corrected chi connectivity index (χ4v) is 8.07. The highest BCUT2D eigenvalue weighted by atomic mass is 19.4. The number of pyridine rings is 2. The Morgan fingerprint density at radius 2 is 1.68 bits per heavy atom. The monoisotopic (exact) mass is 730 g/mol. The summed E-state index contributed by atoms with van der Waals surface area (Å²) in [5.41, 5.74) is 1.42. The Labute approximate surface area is 304 Å². The topological polar surface area (TPSA) is 144 Å². The summed E-state index contributed by atoms with van der Waals surface area (Å²) in [6.07, 6.45) is 3.10. The van der Waals surface area contributed by atoms with E-state index in [1.165, 1.54) is 17.7 Å². The van der Waals surface area contributed by atoms with Gasteiger partial charge in [-0.05, 0) is 63.6 Å². The zero-order valence-corrected chi connectivity index (χ0v) is 30.2. The van der Waals surface area contributed by atoms with Gasteiger partial charge in [0.05, 0.1) is 35.1 Å². The molecule has 53 heavy (non-hydrogen) atoms. The molecule has 1 aliphatic carbocycles. The first-order chi connectivity index (χ1) is 25.1. The molecular formula is C38H41F3N8O4. The molecule has 3 atom stereocenters. The van der Waals surface area contributed by atoms with E-state index >= 15 is 0 Å². The van der Waals surface area contributed by atoms with E-state index in [0.717, 1.165) is 25.3 Å². The summed E-state index contributed by atoms with van der Waals surface area (Å²) >= 11 is 0. The molecular weight excluding hydrogens is 689 g/mol. The Bertz CT molecular complexity index is 2130. The third-order valence-electron chi connectivity index (χ3n) is 10.9. The number of carbonyl (C=O) groups excluding carboxylic acids is 4. The van der Waals surface area contributed by atoms with Gasteiger partial charge in [-0.25, -0.2) is 15.0 Å². The molecule has 15 heteroatoms. The van der Waals surface area contributed by atoms with Crippen LogP contribution in [-0.4, -0.2) is 88.6 Å². The van der Waals surface area contributed by atoms with E-state index in [1.54, 1.807) is 49.2 Å². The first-order valence-electron chi connectivity index (χ1n) is 18.0. The highest BCUT2D eigenvalue weighted by Gasteiger charge is 2.67. The lowest BCUT2D eigenvalue weighted by molar-refractivity contribution is -0.141. The summed E-state index contributed by atoms with van der Waals surface area (Å²) in [6, 6.07) is 2.64. The average Bonchev–Trinajstić information content (AvgIpc) is 3.49. The molecule has 0 spiro atoms. The summed E-state index contributed by atoms with van der Waals surface area (Å²) < 4.78 is 42.2. The minimum absolute atomic E-state index is 0.00303. The number of piperidine rings is 1. The van der Waals surface area contributed by atoms with Gasteiger partial charge in [0.25, 0.3) is 0 Å². The normalized spacial score (nSPS) is 22.5. The number of rotatable bonds is 5. The Balaban J connectivity index is 1.29. The van der Waals surface area contributed by atoms with E-state index in [0.29, 0.717) is 71.5 Å². The molecule has 4 aromatic rings. The summed E-state index contributed by atoms with van der Waals surface area (Å²) in [5, 5.41) is 5.19. The first-order valence-corrected chi connectivity index (χ1v) is 18.0. The maximum atomic E-state index is 14.5. The second-order valence-electron chi connectivity index (χ2n) is 14.8. The minimum atomic E-state index is -4.68. The van der Waals surface area contributed by atoms with Gasteiger partial charge >= 0.3 is 6.18 Å². The van der Waals surface area contributed by atoms with Crippen LogP contribution in [-0.2, 0) is 39.9 Å². The fourth-order valence-electron chi connectivity index (χ4n) is 8.07. The van der Waals surface area contributed by atoms with Crippen LogP contribution in [0.2, 0.25) is 0 Å². The molecule has 7 rings (SSSR count). The van der Waals surface area contributed by atoms with Crippen molar-refractivity contribution in [1.82, 2.24) is 39.5 Å². The van der Waals surface area contributed by atoms with Crippen molar-refractivity contribution in [2.45, 2.75) is 103 Å². The maximum absolute atomic E-state index is 14.5. The number of Topliss-reactive ketones (excluding diaryl/α,β-unsaturated/α-hetero) is 2. The molecule has 3 aliphatic rings. The molecule has 2 amide bonds. The van der Waals surface area contributed by atoms with Crippen molar-refractivity contribution >= 4 is 34.3 Å². The Hall–Kier alpha value is -5.08. The Kier molecular flexibility index (Phi) is 9.39. The molecule has 0 unspecified atom stereocenters. The van der Waals surface area contributed by atoms with Gasteiger partial charge in [-0.15, -0.1) is 0 Å². The van der Waals surface area contributed by atoms with Gasteiger partial charge in [0.1, 0.15) is 23.8 Å². The van der Waals surface area contributed by atoms with Crippen molar-refractivity contribution in [3.63, 3.8) is 0 Å². The molecule has 2 bridgehead atoms. The quantitative estimate of drug-likeness (QED) is 0.251. The van der Waals surface area contributed by atoms with Crippen molar-refractivity contribution in [2.24, 2.45) is 5.41 Å². The number of aromatic nitrogens is 6. The van der Waals surface area contributed by atoms with Crippen molar-refractivity contribution in [3.05, 3.63) is 64.8 Å². The molecule has 0 radical (unpaired) electrons. The van der Waals surface area contributed by atoms with Crippen LogP contribution in [0, 0.1) is 19.3 Å². The zero-order chi connectivity index (χ0) is 37.8. The summed E-state index contributed by atoms with van der Waals surface area (Å²) in [4.78, 5) is 75.5. The lowest BCUT2D eigenvalue weighted by atomic mass is 9.94. The number of ketones is 2. The van der Waals surface area contributed by atoms with Gasteiger partial charge < -0.3 is 9.80 Å². The fraction of sp³-hybridized carbons (Fsp3) is 0.500. The van der Waals surface area contributed by atoms with Crippen LogP contribution in [0.1, 0.15) is 90.8 Å². The van der Waals surface area contributed by atoms with Gasteiger partial charge in [0.2, 0.25) is 11.8 Å². The van der Waals surface area contributed by atoms with Crippen molar-refractivity contribution in [3.8, 4) is 11.3 Å². The van der Waals surface area contributed by atoms with E-state index < -0.39 is 35.0 Å². The van der Waals surface area contributed by atoms with Crippen LogP contribution in [0.3, 0.4) is 0 Å². The van der Waals surface area contributed by atoms with Crippen molar-refractivity contribution in [1.29, 1.82) is 0 Å². The average molecular weight is 731 g/mol. The van der Waals surface area contributed by atoms with Gasteiger partial charge in [0.15, 0.2) is 11.6 Å². The lowest BCUT2D eigenvalue weighted by Crippen LogP contribution is -2.45. The number of amides is 2. The predicted molar refractivity (Wildman–Crippen MR) is 186 cm³/mol. The maximum Gasteiger partial charge on any atom is 0.433 e. The number of alkyl halides is 3. The van der Waals surface area contributed by atoms with Crippen LogP contribution < -0.4 is 0 Å². The van der Waals surface area contributed by atoms with E-state index in [9.17, 15) is 32.3 Å². The van der Waals surface area contributed by atoms with Crippen LogP contribution in [0.15, 0.2) is 30.6 Å². The second kappa shape index (κ2) is 13.7. The smallest absolute Gasteiger partial charge is 0.345 e. The number of carbonyl (C=O) groups is 4. The number of halogens is 3. The molecule has 0 N–H and O–H groups in total. The third kappa shape index (κ3) is 7.05. The SMILES string of the molecule is CC(=O)c1nn2c3c(nc(-c4cnc(C)nc4)cc13)CCCCCCC(=O)N(C)C[C@@]13C[C@@H](C(=O)Cc4nc(C(F)(F)F)ccc4C)N(C(=O)C2)[C@@H]1C3. The second-order valence-corrected chi connectivity index (χ2v) is 14.8. The lowest BCUT2D eigenvalue weighted by Gasteiger charge is -2.27. The van der Waals surface area contributed by atoms with Crippen LogP contribution >= 0.6 is 0 Å². The van der Waals surface area contributed by atoms with E-state index in [1.807, 2.05) is 0 Å². The van der Waals surface area contributed by atoms with Gasteiger partial charge in [-0.1, -0.05) is 18.9 Å². The Morgan fingerprint density at radius 3 is 2.38 bits per heavy atom. The molecule has 12 nitrogen and oxygen atoms in total. The standard InChI is InChI=1S/C38H41F3N8O4/c1-21-11-12-31(38(39,40)41)45-27(21)14-30(51)29-15-37-16-32(37)49(29)34(53)19-48-36-25(35(46-48)22(2)50)13-28(24-17-42-23(3)43-18-24)44-26(36)9-7-5-6-8-10-33(52)47(4)20-37/h11-13,17-18,29,32H,5-10,14-16,19-20H2,1-4H3/t29-,32+,37-/m0/s1. The zero-order valence-electron chi connectivity index (χ0n) is 30.2. The third-order valence-corrected chi connectivity index (χ3v) is 10.9. The van der Waals surface area contributed by atoms with Crippen LogP contribution in [0.5, 0.6) is 0 Å². The molecule has 2 aliphatic heterocycles. The summed E-state index contributed by atoms with van der Waals surface area (Å²) in [6.45, 7) is 4.85. The molecule has 2 fully saturated rings. The van der Waals surface area contributed by atoms with Crippen molar-refractivity contribution < 1.29 is 32.3 Å². The number of hydrogen-bond acceptors (Lipinski definition) is 9. The van der Waals surface area contributed by atoms with Crippen LogP contribution in [0.25, 0.3) is 22.2 Å². The molecule has 0 aromatic carbocycles. The minimum Gasteiger partial charge on any atom is -0.345 e. The highest BCUT2D eigenvalue weighted by molar-refractivity contribution is 6.06. The molecule has 1 saturated heterocycles. The first kappa shape index (κ1) is 36.3. The van der Waals surface area contributed by atoms with Crippen molar-refractivity contribution in [2.75, 3.05) is 13.6 Å². The Morgan fingerprint density at radius 1 is 0.962 bits per heavy atom. The van der Waals surface area contributed by atoms with Crippen LogP contribution in [0.4, 0.5) is 13.2 Å². The predicted octanol–water partition coefficient (Wildman–Crippen LogP) is 5.26. The largest absolute Gasteiger partial charge is 0.433 e. The van der Waals surface area contributed by atoms with Gasteiger partial charge in [-0.3, -0.25) is 28.8 Å². The molecule has 4 aromatic heterocycles. The number of aryl methyl sites for hydroxylation is 3. The molecule has 1 saturated carbocycles. The van der Waals surface area contributed by atoms with E-state index in [4.69, 9.17) is 4.98 Å². The van der Waals surface area contributed by atoms with E-state index in [-0.39, 0.29) is 48.5 Å². The molecule has 278 valence electrons. The highest BCUT2D eigenvalue weighted by Crippen LogP contribution is 2.60. The number of nitrogens with zero attached hydrogens (tertiary/aromatic N) is 8. The summed E-state index contributed by atoms with van der Waals surface area (Å²) in [7, 11) is 1.74.